The van der Waals surface area contributed by atoms with Gasteiger partial charge >= 0.3 is 0 Å². The molecule has 1 aromatic heterocycles. The van der Waals surface area contributed by atoms with Crippen molar-refractivity contribution in [1.82, 2.24) is 14.7 Å². The van der Waals surface area contributed by atoms with E-state index in [1.165, 1.54) is 0 Å². The Morgan fingerprint density at radius 3 is 2.70 bits per heavy atom. The molecule has 0 aliphatic heterocycles. The summed E-state index contributed by atoms with van der Waals surface area (Å²) in [6, 6.07) is 9.50. The molecular weight excluding hydrogens is 274 g/mol. The Labute approximate surface area is 124 Å². The van der Waals surface area contributed by atoms with Gasteiger partial charge < -0.3 is 4.90 Å². The molecule has 1 atom stereocenters. The molecule has 0 N–H and O–H groups in total. The zero-order valence-corrected chi connectivity index (χ0v) is 12.6. The summed E-state index contributed by atoms with van der Waals surface area (Å²) in [5.74, 6) is -0.0104. The van der Waals surface area contributed by atoms with Crippen LogP contribution in [0.3, 0.4) is 0 Å². The highest BCUT2D eigenvalue weighted by Crippen LogP contribution is 2.25. The van der Waals surface area contributed by atoms with Gasteiger partial charge in [-0.3, -0.25) is 9.48 Å². The molecule has 20 heavy (non-hydrogen) atoms. The van der Waals surface area contributed by atoms with Crippen molar-refractivity contribution in [1.29, 1.82) is 0 Å². The summed E-state index contributed by atoms with van der Waals surface area (Å²) >= 11 is 6.16. The molecule has 0 aliphatic carbocycles. The molecule has 1 aromatic carbocycles. The van der Waals surface area contributed by atoms with Gasteiger partial charge in [0.1, 0.15) is 0 Å². The number of amides is 1. The van der Waals surface area contributed by atoms with E-state index in [4.69, 9.17) is 11.6 Å². The number of nitrogens with zero attached hydrogens (tertiary/aromatic N) is 3. The molecule has 0 bridgehead atoms. The Balaban J connectivity index is 2.14. The minimum absolute atomic E-state index is 0.0970. The Morgan fingerprint density at radius 1 is 1.35 bits per heavy atom. The van der Waals surface area contributed by atoms with Crippen LogP contribution in [0.1, 0.15) is 6.92 Å². The van der Waals surface area contributed by atoms with Gasteiger partial charge in [-0.1, -0.05) is 36.7 Å². The van der Waals surface area contributed by atoms with Gasteiger partial charge in [0, 0.05) is 25.9 Å². The van der Waals surface area contributed by atoms with E-state index in [0.29, 0.717) is 11.6 Å². The van der Waals surface area contributed by atoms with Crippen molar-refractivity contribution in [2.45, 2.75) is 13.5 Å². The molecule has 5 heteroatoms. The van der Waals surface area contributed by atoms with Gasteiger partial charge in [-0.05, 0) is 12.1 Å². The van der Waals surface area contributed by atoms with E-state index in [2.05, 4.69) is 5.10 Å². The average Bonchev–Trinajstić information content (AvgIpc) is 2.86. The summed E-state index contributed by atoms with van der Waals surface area (Å²) in [5.41, 5.74) is 1.72. The number of carbonyl (C=O) groups is 1. The number of hydrogen-bond donors (Lipinski definition) is 0. The van der Waals surface area contributed by atoms with E-state index < -0.39 is 0 Å². The van der Waals surface area contributed by atoms with Crippen LogP contribution < -0.4 is 0 Å². The van der Waals surface area contributed by atoms with Crippen molar-refractivity contribution >= 4 is 17.5 Å². The molecule has 106 valence electrons. The molecule has 2 aromatic rings. The molecule has 0 saturated carbocycles. The van der Waals surface area contributed by atoms with Crippen molar-refractivity contribution in [3.8, 4) is 11.3 Å². The molecule has 1 heterocycles. The standard InChI is InChI=1S/C15H18ClN3O/c1-11(15(20)18(2)3)10-19-9-8-14(17-19)12-6-4-5-7-13(12)16/h4-9,11H,10H2,1-3H3/t11-/m0/s1. The molecule has 2 rings (SSSR count). The van der Waals surface area contributed by atoms with Crippen LogP contribution in [0.2, 0.25) is 5.02 Å². The second-order valence-corrected chi connectivity index (χ2v) is 5.44. The molecule has 0 unspecified atom stereocenters. The number of hydrogen-bond acceptors (Lipinski definition) is 2. The monoisotopic (exact) mass is 291 g/mol. The minimum atomic E-state index is -0.107. The van der Waals surface area contributed by atoms with Gasteiger partial charge in [0.15, 0.2) is 0 Å². The van der Waals surface area contributed by atoms with Crippen LogP contribution in [0, 0.1) is 5.92 Å². The largest absolute Gasteiger partial charge is 0.349 e. The first-order valence-corrected chi connectivity index (χ1v) is 6.86. The Bertz CT molecular complexity index is 607. The van der Waals surface area contributed by atoms with Crippen molar-refractivity contribution in [2.24, 2.45) is 5.92 Å². The minimum Gasteiger partial charge on any atom is -0.349 e. The first kappa shape index (κ1) is 14.6. The van der Waals surface area contributed by atoms with E-state index in [1.807, 2.05) is 43.5 Å². The highest BCUT2D eigenvalue weighted by atomic mass is 35.5. The summed E-state index contributed by atoms with van der Waals surface area (Å²) < 4.78 is 1.78. The quantitative estimate of drug-likeness (QED) is 0.869. The van der Waals surface area contributed by atoms with Crippen LogP contribution in [-0.4, -0.2) is 34.7 Å². The van der Waals surface area contributed by atoms with Gasteiger partial charge in [0.05, 0.1) is 23.2 Å². The van der Waals surface area contributed by atoms with Gasteiger partial charge in [0.2, 0.25) is 5.91 Å². The van der Waals surface area contributed by atoms with Gasteiger partial charge in [-0.15, -0.1) is 0 Å². The summed E-state index contributed by atoms with van der Waals surface area (Å²) in [6.45, 7) is 2.46. The van der Waals surface area contributed by atoms with Gasteiger partial charge in [-0.25, -0.2) is 0 Å². The SMILES string of the molecule is C[C@@H](Cn1ccc(-c2ccccc2Cl)n1)C(=O)N(C)C. The predicted molar refractivity (Wildman–Crippen MR) is 80.5 cm³/mol. The zero-order valence-electron chi connectivity index (χ0n) is 11.9. The Kier molecular flexibility index (Phi) is 4.45. The second kappa shape index (κ2) is 6.09. The maximum absolute atomic E-state index is 11.8. The summed E-state index contributed by atoms with van der Waals surface area (Å²) in [6.07, 6.45) is 1.87. The smallest absolute Gasteiger partial charge is 0.226 e. The fourth-order valence-electron chi connectivity index (χ4n) is 2.08. The fraction of sp³-hybridized carbons (Fsp3) is 0.333. The molecule has 1 amide bonds. The van der Waals surface area contributed by atoms with E-state index >= 15 is 0 Å². The van der Waals surface area contributed by atoms with Crippen LogP contribution >= 0.6 is 11.6 Å². The Hall–Kier alpha value is -1.81. The number of carbonyl (C=O) groups excluding carboxylic acids is 1. The lowest BCUT2D eigenvalue weighted by Crippen LogP contribution is -2.30. The van der Waals surface area contributed by atoms with Crippen molar-refractivity contribution in [3.05, 3.63) is 41.6 Å². The first-order chi connectivity index (χ1) is 9.49. The molecule has 0 saturated heterocycles. The lowest BCUT2D eigenvalue weighted by atomic mass is 10.1. The maximum atomic E-state index is 11.8. The molecule has 0 fully saturated rings. The topological polar surface area (TPSA) is 38.1 Å². The number of rotatable bonds is 4. The third-order valence-corrected chi connectivity index (χ3v) is 3.44. The normalized spacial score (nSPS) is 12.2. The van der Waals surface area contributed by atoms with E-state index in [9.17, 15) is 4.79 Å². The maximum Gasteiger partial charge on any atom is 0.226 e. The summed E-state index contributed by atoms with van der Waals surface area (Å²) in [5, 5.41) is 5.16. The van der Waals surface area contributed by atoms with Crippen LogP contribution in [0.15, 0.2) is 36.5 Å². The lowest BCUT2D eigenvalue weighted by Gasteiger charge is -2.16. The van der Waals surface area contributed by atoms with E-state index in [0.717, 1.165) is 11.3 Å². The lowest BCUT2D eigenvalue weighted by molar-refractivity contribution is -0.132. The zero-order chi connectivity index (χ0) is 14.7. The average molecular weight is 292 g/mol. The van der Waals surface area contributed by atoms with Gasteiger partial charge in [-0.2, -0.15) is 5.10 Å². The number of benzene rings is 1. The summed E-state index contributed by atoms with van der Waals surface area (Å²) in [4.78, 5) is 13.4. The molecule has 4 nitrogen and oxygen atoms in total. The number of halogens is 1. The van der Waals surface area contributed by atoms with E-state index in [1.54, 1.807) is 23.7 Å². The van der Waals surface area contributed by atoms with Crippen LogP contribution in [0.5, 0.6) is 0 Å². The van der Waals surface area contributed by atoms with Crippen LogP contribution in [0.4, 0.5) is 0 Å². The Morgan fingerprint density at radius 2 is 2.05 bits per heavy atom. The van der Waals surface area contributed by atoms with Gasteiger partial charge in [0.25, 0.3) is 0 Å². The molecular formula is C15H18ClN3O. The summed E-state index contributed by atoms with van der Waals surface area (Å²) in [7, 11) is 3.52. The van der Waals surface area contributed by atoms with Crippen molar-refractivity contribution in [3.63, 3.8) is 0 Å². The fourth-order valence-corrected chi connectivity index (χ4v) is 2.31. The molecule has 0 spiro atoms. The van der Waals surface area contributed by atoms with Crippen molar-refractivity contribution in [2.75, 3.05) is 14.1 Å². The van der Waals surface area contributed by atoms with Crippen LogP contribution in [0.25, 0.3) is 11.3 Å². The number of aromatic nitrogens is 2. The highest BCUT2D eigenvalue weighted by molar-refractivity contribution is 6.33. The van der Waals surface area contributed by atoms with E-state index in [-0.39, 0.29) is 11.8 Å². The van der Waals surface area contributed by atoms with Crippen molar-refractivity contribution < 1.29 is 4.79 Å². The third-order valence-electron chi connectivity index (χ3n) is 3.11. The van der Waals surface area contributed by atoms with Crippen LogP contribution in [-0.2, 0) is 11.3 Å². The molecule has 0 radical (unpaired) electrons. The highest BCUT2D eigenvalue weighted by Gasteiger charge is 2.16. The predicted octanol–water partition coefficient (Wildman–Crippen LogP) is 2.93. The second-order valence-electron chi connectivity index (χ2n) is 5.04. The first-order valence-electron chi connectivity index (χ1n) is 6.48. The molecule has 0 aliphatic rings. The third kappa shape index (κ3) is 3.20.